The molecule has 2 heterocycles. The van der Waals surface area contributed by atoms with Gasteiger partial charge in [0.25, 0.3) is 5.92 Å². The third kappa shape index (κ3) is 3.92. The lowest BCUT2D eigenvalue weighted by atomic mass is 10.00. The van der Waals surface area contributed by atoms with Crippen molar-refractivity contribution in [1.82, 2.24) is 9.80 Å². The van der Waals surface area contributed by atoms with Gasteiger partial charge in [-0.3, -0.25) is 9.69 Å². The number of amides is 1. The van der Waals surface area contributed by atoms with Crippen molar-refractivity contribution in [2.24, 2.45) is 5.92 Å². The molecule has 1 aliphatic carbocycles. The number of likely N-dealkylation sites (tertiary alicyclic amines) is 2. The number of rotatable bonds is 4. The number of carbonyl (C=O) groups excluding carboxylic acids is 1. The van der Waals surface area contributed by atoms with Gasteiger partial charge in [0, 0.05) is 45.4 Å². The maximum atomic E-state index is 13.1. The Kier molecular flexibility index (Phi) is 3.94. The molecule has 3 aliphatic rings. The molecular formula is C15H24F2N2O2. The van der Waals surface area contributed by atoms with Crippen LogP contribution in [0.25, 0.3) is 0 Å². The summed E-state index contributed by atoms with van der Waals surface area (Å²) in [5.74, 6) is -1.87. The van der Waals surface area contributed by atoms with Gasteiger partial charge in [-0.15, -0.1) is 0 Å². The number of nitrogens with zero attached hydrogens (tertiary/aromatic N) is 2. The molecule has 0 aromatic rings. The van der Waals surface area contributed by atoms with E-state index in [1.54, 1.807) is 4.90 Å². The molecule has 3 fully saturated rings. The van der Waals surface area contributed by atoms with Crippen LogP contribution in [0.2, 0.25) is 0 Å². The minimum atomic E-state index is -2.55. The number of hydrogen-bond donors (Lipinski definition) is 1. The normalized spacial score (nSPS) is 33.4. The van der Waals surface area contributed by atoms with Crippen LogP contribution in [0.3, 0.4) is 0 Å². The van der Waals surface area contributed by atoms with E-state index in [2.05, 4.69) is 0 Å². The van der Waals surface area contributed by atoms with Crippen molar-refractivity contribution in [2.75, 3.05) is 32.7 Å². The van der Waals surface area contributed by atoms with E-state index in [1.807, 2.05) is 4.90 Å². The Hall–Kier alpha value is -0.750. The second kappa shape index (κ2) is 5.47. The molecule has 21 heavy (non-hydrogen) atoms. The smallest absolute Gasteiger partial charge is 0.250 e. The fourth-order valence-electron chi connectivity index (χ4n) is 3.35. The van der Waals surface area contributed by atoms with Crippen LogP contribution in [-0.2, 0) is 4.79 Å². The Labute approximate surface area is 124 Å². The second-order valence-corrected chi connectivity index (χ2v) is 7.07. The van der Waals surface area contributed by atoms with Crippen LogP contribution in [-0.4, -0.2) is 65.1 Å². The quantitative estimate of drug-likeness (QED) is 0.855. The molecule has 0 radical (unpaired) electrons. The Bertz CT molecular complexity index is 404. The molecule has 1 amide bonds. The molecule has 120 valence electrons. The van der Waals surface area contributed by atoms with Gasteiger partial charge in [0.15, 0.2) is 0 Å². The largest absolute Gasteiger partial charge is 0.387 e. The van der Waals surface area contributed by atoms with Gasteiger partial charge in [-0.2, -0.15) is 0 Å². The molecule has 0 aromatic heterocycles. The van der Waals surface area contributed by atoms with Crippen molar-refractivity contribution in [3.63, 3.8) is 0 Å². The van der Waals surface area contributed by atoms with Crippen LogP contribution in [0.1, 0.15) is 38.5 Å². The zero-order valence-electron chi connectivity index (χ0n) is 12.4. The minimum absolute atomic E-state index is 0.132. The third-order valence-electron chi connectivity index (χ3n) is 4.95. The Morgan fingerprint density at radius 3 is 2.43 bits per heavy atom. The van der Waals surface area contributed by atoms with Crippen molar-refractivity contribution in [2.45, 2.75) is 50.0 Å². The van der Waals surface area contributed by atoms with Crippen molar-refractivity contribution in [3.05, 3.63) is 0 Å². The monoisotopic (exact) mass is 302 g/mol. The third-order valence-corrected chi connectivity index (χ3v) is 4.95. The number of β-amino-alcohol motifs (C(OH)–C–C–N with tert-alkyl or cyclic N) is 1. The van der Waals surface area contributed by atoms with E-state index < -0.39 is 11.5 Å². The van der Waals surface area contributed by atoms with Crippen molar-refractivity contribution in [3.8, 4) is 0 Å². The minimum Gasteiger partial charge on any atom is -0.387 e. The molecule has 0 unspecified atom stereocenters. The first-order valence-electron chi connectivity index (χ1n) is 7.96. The van der Waals surface area contributed by atoms with Crippen LogP contribution < -0.4 is 0 Å². The van der Waals surface area contributed by atoms with Crippen LogP contribution in [0.15, 0.2) is 0 Å². The lowest BCUT2D eigenvalue weighted by molar-refractivity contribution is -0.131. The van der Waals surface area contributed by atoms with Gasteiger partial charge in [0.05, 0.1) is 12.1 Å². The van der Waals surface area contributed by atoms with Gasteiger partial charge in [-0.1, -0.05) is 0 Å². The van der Waals surface area contributed by atoms with Gasteiger partial charge < -0.3 is 10.0 Å². The Balaban J connectivity index is 1.48. The molecule has 1 atom stereocenters. The fourth-order valence-corrected chi connectivity index (χ4v) is 3.35. The summed E-state index contributed by atoms with van der Waals surface area (Å²) in [5, 5.41) is 10.6. The first-order chi connectivity index (χ1) is 9.85. The molecule has 3 rings (SSSR count). The maximum Gasteiger partial charge on any atom is 0.250 e. The average molecular weight is 302 g/mol. The molecule has 2 saturated heterocycles. The van der Waals surface area contributed by atoms with Crippen LogP contribution in [0.4, 0.5) is 8.78 Å². The van der Waals surface area contributed by atoms with E-state index in [1.165, 1.54) is 0 Å². The molecule has 4 nitrogen and oxygen atoms in total. The summed E-state index contributed by atoms with van der Waals surface area (Å²) in [6.07, 6.45) is 3.18. The van der Waals surface area contributed by atoms with Crippen molar-refractivity contribution < 1.29 is 18.7 Å². The number of hydrogen-bond acceptors (Lipinski definition) is 3. The van der Waals surface area contributed by atoms with E-state index in [9.17, 15) is 18.7 Å². The number of piperidine rings is 1. The van der Waals surface area contributed by atoms with E-state index in [0.29, 0.717) is 51.5 Å². The summed E-state index contributed by atoms with van der Waals surface area (Å²) >= 11 is 0. The SMILES string of the molecule is O=C(CC1CC1)N1CC[C@@](O)(CN2CCC(F)(F)CC2)C1. The van der Waals surface area contributed by atoms with E-state index in [0.717, 1.165) is 12.8 Å². The van der Waals surface area contributed by atoms with Gasteiger partial charge in [0.2, 0.25) is 5.91 Å². The predicted octanol–water partition coefficient (Wildman–Crippen LogP) is 1.48. The van der Waals surface area contributed by atoms with Gasteiger partial charge in [0.1, 0.15) is 0 Å². The van der Waals surface area contributed by atoms with E-state index in [-0.39, 0.29) is 18.7 Å². The molecule has 6 heteroatoms. The first kappa shape index (κ1) is 15.2. The molecule has 0 aromatic carbocycles. The van der Waals surface area contributed by atoms with Crippen LogP contribution in [0, 0.1) is 5.92 Å². The topological polar surface area (TPSA) is 43.8 Å². The maximum absolute atomic E-state index is 13.1. The van der Waals surface area contributed by atoms with E-state index in [4.69, 9.17) is 0 Å². The molecule has 0 spiro atoms. The number of alkyl halides is 2. The highest BCUT2D eigenvalue weighted by atomic mass is 19.3. The zero-order valence-corrected chi connectivity index (χ0v) is 12.4. The summed E-state index contributed by atoms with van der Waals surface area (Å²) in [6.45, 7) is 1.99. The standard InChI is InChI=1S/C15H24F2N2O2/c16-15(17)4-6-18(7-5-15)10-14(21)3-8-19(11-14)13(20)9-12-1-2-12/h12,21H,1-11H2/t14-/m1/s1. The second-order valence-electron chi connectivity index (χ2n) is 7.07. The molecular weight excluding hydrogens is 278 g/mol. The Morgan fingerprint density at radius 2 is 1.81 bits per heavy atom. The van der Waals surface area contributed by atoms with Crippen LogP contribution >= 0.6 is 0 Å². The first-order valence-corrected chi connectivity index (χ1v) is 7.96. The summed E-state index contributed by atoms with van der Waals surface area (Å²) < 4.78 is 26.3. The van der Waals surface area contributed by atoms with Gasteiger partial charge in [-0.05, 0) is 25.2 Å². The molecule has 2 aliphatic heterocycles. The lowest BCUT2D eigenvalue weighted by Gasteiger charge is -2.36. The number of halogens is 2. The lowest BCUT2D eigenvalue weighted by Crippen LogP contribution is -2.49. The highest BCUT2D eigenvalue weighted by Crippen LogP contribution is 2.34. The summed E-state index contributed by atoms with van der Waals surface area (Å²) in [7, 11) is 0. The summed E-state index contributed by atoms with van der Waals surface area (Å²) in [4.78, 5) is 15.7. The van der Waals surface area contributed by atoms with Gasteiger partial charge in [-0.25, -0.2) is 8.78 Å². The predicted molar refractivity (Wildman–Crippen MR) is 74.1 cm³/mol. The van der Waals surface area contributed by atoms with Gasteiger partial charge >= 0.3 is 0 Å². The van der Waals surface area contributed by atoms with Crippen molar-refractivity contribution in [1.29, 1.82) is 0 Å². The molecule has 1 saturated carbocycles. The zero-order chi connectivity index (χ0) is 15.1. The van der Waals surface area contributed by atoms with Crippen LogP contribution in [0.5, 0.6) is 0 Å². The summed E-state index contributed by atoms with van der Waals surface area (Å²) in [5.41, 5.74) is -0.925. The van der Waals surface area contributed by atoms with Crippen molar-refractivity contribution >= 4 is 5.91 Å². The van der Waals surface area contributed by atoms with E-state index >= 15 is 0 Å². The molecule has 0 bridgehead atoms. The average Bonchev–Trinajstić information content (AvgIpc) is 3.13. The fraction of sp³-hybridized carbons (Fsp3) is 0.933. The highest BCUT2D eigenvalue weighted by Gasteiger charge is 2.42. The highest BCUT2D eigenvalue weighted by molar-refractivity contribution is 5.77. The number of aliphatic hydroxyl groups is 1. The summed E-state index contributed by atoms with van der Waals surface area (Å²) in [6, 6.07) is 0. The molecule has 1 N–H and O–H groups in total. The number of carbonyl (C=O) groups is 1. The Morgan fingerprint density at radius 1 is 1.14 bits per heavy atom.